The molecule has 1 aliphatic carbocycles. The van der Waals surface area contributed by atoms with E-state index in [0.717, 1.165) is 19.3 Å². The highest BCUT2D eigenvalue weighted by molar-refractivity contribution is 5.83. The number of hydrogen-bond donors (Lipinski definition) is 2. The Labute approximate surface area is 102 Å². The summed E-state index contributed by atoms with van der Waals surface area (Å²) in [5.41, 5.74) is 5.51. The molecular weight excluding hydrogens is 220 g/mol. The van der Waals surface area contributed by atoms with Gasteiger partial charge in [-0.1, -0.05) is 6.42 Å². The average Bonchev–Trinajstić information content (AvgIpc) is 2.65. The zero-order valence-electron chi connectivity index (χ0n) is 10.6. The van der Waals surface area contributed by atoms with Crippen molar-refractivity contribution in [1.82, 2.24) is 5.32 Å². The van der Waals surface area contributed by atoms with Crippen LogP contribution in [-0.4, -0.2) is 31.6 Å². The summed E-state index contributed by atoms with van der Waals surface area (Å²) < 4.78 is 4.52. The standard InChI is InChI=1S/C12H22N2O3/c1-12(7-3-5-9(12)13)11(16)14-8-4-6-10(15)17-2/h9H,3-8,13H2,1-2H3,(H,14,16). The van der Waals surface area contributed by atoms with Crippen molar-refractivity contribution in [2.75, 3.05) is 13.7 Å². The zero-order valence-corrected chi connectivity index (χ0v) is 10.6. The molecule has 17 heavy (non-hydrogen) atoms. The van der Waals surface area contributed by atoms with Gasteiger partial charge in [-0.2, -0.15) is 0 Å². The van der Waals surface area contributed by atoms with Crippen molar-refractivity contribution in [3.8, 4) is 0 Å². The van der Waals surface area contributed by atoms with Gasteiger partial charge in [-0.3, -0.25) is 9.59 Å². The van der Waals surface area contributed by atoms with E-state index < -0.39 is 5.41 Å². The van der Waals surface area contributed by atoms with Crippen molar-refractivity contribution in [2.24, 2.45) is 11.1 Å². The molecule has 0 aromatic carbocycles. The van der Waals surface area contributed by atoms with E-state index in [0.29, 0.717) is 19.4 Å². The van der Waals surface area contributed by atoms with Gasteiger partial charge in [-0.15, -0.1) is 0 Å². The highest BCUT2D eigenvalue weighted by Crippen LogP contribution is 2.36. The number of amides is 1. The number of esters is 1. The summed E-state index contributed by atoms with van der Waals surface area (Å²) in [4.78, 5) is 22.9. The van der Waals surface area contributed by atoms with Crippen LogP contribution in [0.4, 0.5) is 0 Å². The smallest absolute Gasteiger partial charge is 0.305 e. The van der Waals surface area contributed by atoms with Crippen LogP contribution in [0.2, 0.25) is 0 Å². The Hall–Kier alpha value is -1.10. The van der Waals surface area contributed by atoms with E-state index >= 15 is 0 Å². The summed E-state index contributed by atoms with van der Waals surface area (Å²) in [5.74, 6) is -0.240. The highest BCUT2D eigenvalue weighted by atomic mass is 16.5. The van der Waals surface area contributed by atoms with Crippen molar-refractivity contribution >= 4 is 11.9 Å². The third kappa shape index (κ3) is 3.43. The van der Waals surface area contributed by atoms with Crippen LogP contribution in [0.3, 0.4) is 0 Å². The van der Waals surface area contributed by atoms with E-state index in [4.69, 9.17) is 5.73 Å². The number of nitrogens with one attached hydrogen (secondary N) is 1. The minimum absolute atomic E-state index is 0.00682. The van der Waals surface area contributed by atoms with Crippen LogP contribution < -0.4 is 11.1 Å². The second-order valence-corrected chi connectivity index (χ2v) is 4.85. The molecule has 1 amide bonds. The summed E-state index contributed by atoms with van der Waals surface area (Å²) in [6, 6.07) is -0.0527. The molecule has 1 aliphatic rings. The Morgan fingerprint density at radius 3 is 2.76 bits per heavy atom. The van der Waals surface area contributed by atoms with Gasteiger partial charge < -0.3 is 15.8 Å². The van der Waals surface area contributed by atoms with Crippen LogP contribution in [0.5, 0.6) is 0 Å². The molecule has 0 aromatic heterocycles. The molecule has 1 saturated carbocycles. The fourth-order valence-electron chi connectivity index (χ4n) is 2.21. The van der Waals surface area contributed by atoms with Gasteiger partial charge in [0, 0.05) is 19.0 Å². The molecule has 0 bridgehead atoms. The SMILES string of the molecule is COC(=O)CCCNC(=O)C1(C)CCCC1N. The maximum absolute atomic E-state index is 12.0. The van der Waals surface area contributed by atoms with Crippen LogP contribution in [0.15, 0.2) is 0 Å². The van der Waals surface area contributed by atoms with E-state index in [1.807, 2.05) is 6.92 Å². The molecule has 0 spiro atoms. The predicted molar refractivity (Wildman–Crippen MR) is 64.2 cm³/mol. The first-order chi connectivity index (χ1) is 8.00. The van der Waals surface area contributed by atoms with Gasteiger partial charge in [0.05, 0.1) is 12.5 Å². The fraction of sp³-hybridized carbons (Fsp3) is 0.833. The van der Waals surface area contributed by atoms with Crippen molar-refractivity contribution < 1.29 is 14.3 Å². The third-order valence-corrected chi connectivity index (χ3v) is 3.62. The molecule has 1 fully saturated rings. The number of ether oxygens (including phenoxy) is 1. The van der Waals surface area contributed by atoms with Crippen LogP contribution in [0, 0.1) is 5.41 Å². The second kappa shape index (κ2) is 6.00. The largest absolute Gasteiger partial charge is 0.469 e. The minimum atomic E-state index is -0.439. The Bertz CT molecular complexity index is 293. The van der Waals surface area contributed by atoms with Crippen LogP contribution >= 0.6 is 0 Å². The van der Waals surface area contributed by atoms with E-state index in [2.05, 4.69) is 10.1 Å². The Morgan fingerprint density at radius 2 is 2.24 bits per heavy atom. The van der Waals surface area contributed by atoms with Crippen LogP contribution in [0.1, 0.15) is 39.0 Å². The zero-order chi connectivity index (χ0) is 12.9. The monoisotopic (exact) mass is 242 g/mol. The first kappa shape index (κ1) is 14.0. The first-order valence-electron chi connectivity index (χ1n) is 6.11. The number of carbonyl (C=O) groups excluding carboxylic acids is 2. The Balaban J connectivity index is 2.28. The molecule has 5 nitrogen and oxygen atoms in total. The molecule has 0 aliphatic heterocycles. The third-order valence-electron chi connectivity index (χ3n) is 3.62. The molecule has 0 radical (unpaired) electrons. The topological polar surface area (TPSA) is 81.4 Å². The fourth-order valence-corrected chi connectivity index (χ4v) is 2.21. The molecule has 2 unspecified atom stereocenters. The second-order valence-electron chi connectivity index (χ2n) is 4.85. The molecule has 1 rings (SSSR count). The maximum Gasteiger partial charge on any atom is 0.305 e. The van der Waals surface area contributed by atoms with Gasteiger partial charge in [0.2, 0.25) is 5.91 Å². The van der Waals surface area contributed by atoms with Gasteiger partial charge in [0.1, 0.15) is 0 Å². The lowest BCUT2D eigenvalue weighted by atomic mass is 9.84. The number of methoxy groups -OCH3 is 1. The lowest BCUT2D eigenvalue weighted by molar-refractivity contribution is -0.141. The summed E-state index contributed by atoms with van der Waals surface area (Å²) in [7, 11) is 1.36. The van der Waals surface area contributed by atoms with Gasteiger partial charge in [-0.25, -0.2) is 0 Å². The lowest BCUT2D eigenvalue weighted by Gasteiger charge is -2.27. The number of hydrogen-bond acceptors (Lipinski definition) is 4. The quantitative estimate of drug-likeness (QED) is 0.545. The molecule has 0 aromatic rings. The minimum Gasteiger partial charge on any atom is -0.469 e. The molecule has 98 valence electrons. The maximum atomic E-state index is 12.0. The Kier molecular flexibility index (Phi) is 4.93. The van der Waals surface area contributed by atoms with E-state index in [1.165, 1.54) is 7.11 Å². The highest BCUT2D eigenvalue weighted by Gasteiger charge is 2.42. The van der Waals surface area contributed by atoms with Crippen LogP contribution in [-0.2, 0) is 14.3 Å². The summed E-state index contributed by atoms with van der Waals surface area (Å²) in [6.07, 6.45) is 3.69. The van der Waals surface area contributed by atoms with Crippen molar-refractivity contribution in [2.45, 2.75) is 45.1 Å². The summed E-state index contributed by atoms with van der Waals surface area (Å²) in [5, 5.41) is 2.85. The predicted octanol–water partition coefficient (Wildman–Crippen LogP) is 0.573. The van der Waals surface area contributed by atoms with Gasteiger partial charge in [-0.05, 0) is 26.2 Å². The number of carbonyl (C=O) groups is 2. The van der Waals surface area contributed by atoms with Crippen molar-refractivity contribution in [1.29, 1.82) is 0 Å². The van der Waals surface area contributed by atoms with Gasteiger partial charge in [0.15, 0.2) is 0 Å². The molecule has 0 heterocycles. The number of rotatable bonds is 5. The first-order valence-corrected chi connectivity index (χ1v) is 6.11. The Morgan fingerprint density at radius 1 is 1.53 bits per heavy atom. The average molecular weight is 242 g/mol. The molecule has 2 atom stereocenters. The van der Waals surface area contributed by atoms with Gasteiger partial charge in [0.25, 0.3) is 0 Å². The normalized spacial score (nSPS) is 27.8. The summed E-state index contributed by atoms with van der Waals surface area (Å²) in [6.45, 7) is 2.41. The van der Waals surface area contributed by atoms with Gasteiger partial charge >= 0.3 is 5.97 Å². The molecule has 5 heteroatoms. The number of nitrogens with two attached hydrogens (primary N) is 1. The molecular formula is C12H22N2O3. The van der Waals surface area contributed by atoms with E-state index in [9.17, 15) is 9.59 Å². The van der Waals surface area contributed by atoms with Crippen LogP contribution in [0.25, 0.3) is 0 Å². The molecule has 0 saturated heterocycles. The summed E-state index contributed by atoms with van der Waals surface area (Å²) >= 11 is 0. The van der Waals surface area contributed by atoms with E-state index in [-0.39, 0.29) is 17.9 Å². The lowest BCUT2D eigenvalue weighted by Crippen LogP contribution is -2.47. The van der Waals surface area contributed by atoms with E-state index in [1.54, 1.807) is 0 Å². The van der Waals surface area contributed by atoms with Crippen molar-refractivity contribution in [3.05, 3.63) is 0 Å². The molecule has 3 N–H and O–H groups in total. The van der Waals surface area contributed by atoms with Crippen molar-refractivity contribution in [3.63, 3.8) is 0 Å².